The Morgan fingerprint density at radius 3 is 2.48 bits per heavy atom. The van der Waals surface area contributed by atoms with Gasteiger partial charge < -0.3 is 14.4 Å². The van der Waals surface area contributed by atoms with Gasteiger partial charge in [0.15, 0.2) is 11.5 Å². The molecule has 1 aliphatic rings. The number of aryl methyl sites for hydroxylation is 1. The normalized spacial score (nSPS) is 14.9. The Bertz CT molecular complexity index is 1380. The van der Waals surface area contributed by atoms with Crippen molar-refractivity contribution >= 4 is 54.8 Å². The molecule has 4 rings (SSSR count). The maximum atomic E-state index is 13.0. The molecule has 33 heavy (non-hydrogen) atoms. The lowest BCUT2D eigenvalue weighted by Crippen LogP contribution is -2.36. The Kier molecular flexibility index (Phi) is 7.12. The van der Waals surface area contributed by atoms with E-state index in [1.807, 2.05) is 42.8 Å². The van der Waals surface area contributed by atoms with Gasteiger partial charge in [-0.05, 0) is 59.2 Å². The van der Waals surface area contributed by atoms with Crippen molar-refractivity contribution in [1.82, 2.24) is 0 Å². The van der Waals surface area contributed by atoms with E-state index < -0.39 is 10.4 Å². The van der Waals surface area contributed by atoms with Crippen LogP contribution < -0.4 is 14.3 Å². The van der Waals surface area contributed by atoms with E-state index in [1.54, 1.807) is 24.3 Å². The van der Waals surface area contributed by atoms with Crippen molar-refractivity contribution in [3.63, 3.8) is 0 Å². The molecule has 10 nitrogen and oxygen atoms in total. The molecule has 2 aromatic carbocycles. The number of phenols is 1. The molecule has 1 N–H and O–H groups in total. The van der Waals surface area contributed by atoms with Gasteiger partial charge in [-0.15, -0.1) is 0 Å². The Hall–Kier alpha value is -3.32. The van der Waals surface area contributed by atoms with Gasteiger partial charge in [0.1, 0.15) is 5.52 Å². The zero-order valence-corrected chi connectivity index (χ0v) is 19.8. The van der Waals surface area contributed by atoms with E-state index in [9.17, 15) is 22.9 Å². The van der Waals surface area contributed by atoms with Crippen LogP contribution in [0.1, 0.15) is 12.5 Å². The van der Waals surface area contributed by atoms with Crippen molar-refractivity contribution in [2.45, 2.75) is 6.92 Å². The van der Waals surface area contributed by atoms with Crippen molar-refractivity contribution in [3.05, 3.63) is 53.6 Å². The highest BCUT2D eigenvalue weighted by Crippen LogP contribution is 2.32. The summed E-state index contributed by atoms with van der Waals surface area (Å²) in [5.74, 6) is 0.237. The van der Waals surface area contributed by atoms with Crippen LogP contribution in [-0.4, -0.2) is 43.9 Å². The maximum Gasteiger partial charge on any atom is 0.370 e. The summed E-state index contributed by atoms with van der Waals surface area (Å²) in [4.78, 5) is 13.0. The fourth-order valence-electron chi connectivity index (χ4n) is 3.04. The highest BCUT2D eigenvalue weighted by molar-refractivity contribution is 7.80. The average Bonchev–Trinajstić information content (AvgIpc) is 3.26. The van der Waals surface area contributed by atoms with E-state index >= 15 is 0 Å². The van der Waals surface area contributed by atoms with Crippen LogP contribution in [-0.2, 0) is 26.4 Å². The zero-order valence-electron chi connectivity index (χ0n) is 18.2. The second-order valence-corrected chi connectivity index (χ2v) is 8.94. The van der Waals surface area contributed by atoms with Gasteiger partial charge in [0.2, 0.25) is 10.4 Å². The number of rotatable bonds is 4. The Morgan fingerprint density at radius 1 is 1.21 bits per heavy atom. The van der Waals surface area contributed by atoms with E-state index in [0.717, 1.165) is 28.0 Å². The number of carbonyl (C=O) groups is 1. The average molecular weight is 492 g/mol. The van der Waals surface area contributed by atoms with Crippen LogP contribution in [0.3, 0.4) is 0 Å². The molecule has 0 radical (unpaired) electrons. The fourth-order valence-corrected chi connectivity index (χ4v) is 4.14. The number of methoxy groups -OCH3 is 1. The molecule has 1 aliphatic heterocycles. The molecule has 1 amide bonds. The number of hydrogen-bond acceptors (Lipinski definition) is 9. The van der Waals surface area contributed by atoms with Gasteiger partial charge in [-0.3, -0.25) is 4.18 Å². The number of amides is 1. The molecular weight excluding hydrogens is 470 g/mol. The Morgan fingerprint density at radius 2 is 1.88 bits per heavy atom. The summed E-state index contributed by atoms with van der Waals surface area (Å²) in [6.45, 7) is 1.81. The highest BCUT2D eigenvalue weighted by Gasteiger charge is 2.39. The number of fused-ring (bicyclic) bond motifs is 1. The molecule has 0 spiro atoms. The molecular formula is C21H21N3O7S2. The molecule has 174 valence electrons. The number of aromatic nitrogens is 1. The van der Waals surface area contributed by atoms with Crippen molar-refractivity contribution in [1.29, 1.82) is 0 Å². The highest BCUT2D eigenvalue weighted by atomic mass is 32.3. The summed E-state index contributed by atoms with van der Waals surface area (Å²) in [7, 11) is -0.186. The SMILES string of the molecule is COS(=O)(=O)[O-].COc1cc(/C=C2/C(=O)N(c3sc4ccccc4[n+]3C)N=C2C)ccc1O. The van der Waals surface area contributed by atoms with Gasteiger partial charge >= 0.3 is 11.0 Å². The number of thiazole rings is 1. The van der Waals surface area contributed by atoms with E-state index in [2.05, 4.69) is 9.28 Å². The van der Waals surface area contributed by atoms with Crippen LogP contribution >= 0.6 is 11.3 Å². The Balaban J connectivity index is 0.000000454. The molecule has 0 unspecified atom stereocenters. The van der Waals surface area contributed by atoms with E-state index in [0.29, 0.717) is 17.0 Å². The van der Waals surface area contributed by atoms with E-state index in [-0.39, 0.29) is 11.7 Å². The lowest BCUT2D eigenvalue weighted by Gasteiger charge is -2.04. The zero-order chi connectivity index (χ0) is 24.3. The third-order valence-electron chi connectivity index (χ3n) is 4.68. The van der Waals surface area contributed by atoms with Gasteiger partial charge in [0.25, 0.3) is 0 Å². The molecule has 2 heterocycles. The third kappa shape index (κ3) is 5.37. The predicted octanol–water partition coefficient (Wildman–Crippen LogP) is 2.34. The number of carbonyl (C=O) groups excluding carboxylic acids is 1. The standard InChI is InChI=1S/C20H17N3O3S.CH4O4S/c1-12-14(10-13-8-9-16(24)17(11-13)26-3)19(25)23(21-12)20-22(2)15-6-4-5-7-18(15)27-20;1-5-6(2,3)4/h4-11H,1-3H3;1H3,(H,2,3,4). The summed E-state index contributed by atoms with van der Waals surface area (Å²) in [5, 5.41) is 16.4. The number of nitrogens with zero attached hydrogens (tertiary/aromatic N) is 3. The summed E-state index contributed by atoms with van der Waals surface area (Å²) in [5.41, 5.74) is 2.97. The van der Waals surface area contributed by atoms with E-state index in [4.69, 9.17) is 4.74 Å². The van der Waals surface area contributed by atoms with Gasteiger partial charge in [-0.25, -0.2) is 17.8 Å². The first kappa shape index (κ1) is 24.3. The monoisotopic (exact) mass is 491 g/mol. The first-order chi connectivity index (χ1) is 15.6. The maximum absolute atomic E-state index is 13.0. The third-order valence-corrected chi connectivity index (χ3v) is 6.28. The largest absolute Gasteiger partial charge is 0.726 e. The second-order valence-electron chi connectivity index (χ2n) is 6.78. The molecule has 3 aromatic rings. The summed E-state index contributed by atoms with van der Waals surface area (Å²) in [6.07, 6.45) is 1.76. The minimum absolute atomic E-state index is 0.0571. The molecule has 0 bridgehead atoms. The van der Waals surface area contributed by atoms with Crippen LogP contribution in [0.2, 0.25) is 0 Å². The van der Waals surface area contributed by atoms with Gasteiger partial charge in [0, 0.05) is 0 Å². The van der Waals surface area contributed by atoms with Crippen LogP contribution in [0.4, 0.5) is 5.13 Å². The van der Waals surface area contributed by atoms with Crippen molar-refractivity contribution in [2.75, 3.05) is 19.2 Å². The number of anilines is 1. The summed E-state index contributed by atoms with van der Waals surface area (Å²) >= 11 is 1.52. The topological polar surface area (TPSA) is 132 Å². The molecule has 0 saturated carbocycles. The molecule has 12 heteroatoms. The van der Waals surface area contributed by atoms with Crippen LogP contribution in [0.25, 0.3) is 16.3 Å². The lowest BCUT2D eigenvalue weighted by molar-refractivity contribution is -0.627. The first-order valence-electron chi connectivity index (χ1n) is 9.43. The smallest absolute Gasteiger partial charge is 0.370 e. The minimum Gasteiger partial charge on any atom is -0.726 e. The van der Waals surface area contributed by atoms with Crippen LogP contribution in [0, 0.1) is 0 Å². The van der Waals surface area contributed by atoms with Crippen molar-refractivity contribution in [3.8, 4) is 11.5 Å². The molecule has 0 saturated heterocycles. The molecule has 0 aliphatic carbocycles. The first-order valence-corrected chi connectivity index (χ1v) is 11.6. The summed E-state index contributed by atoms with van der Waals surface area (Å²) in [6, 6.07) is 13.0. The number of ether oxygens (including phenoxy) is 1. The number of phenolic OH excluding ortho intramolecular Hbond substituents is 1. The Labute approximate surface area is 194 Å². The number of hydrazone groups is 1. The fraction of sp³-hybridized carbons (Fsp3) is 0.190. The second kappa shape index (κ2) is 9.67. The number of aromatic hydroxyl groups is 1. The lowest BCUT2D eigenvalue weighted by atomic mass is 10.1. The van der Waals surface area contributed by atoms with Gasteiger partial charge in [-0.2, -0.15) is 0 Å². The number of para-hydroxylation sites is 1. The molecule has 0 fully saturated rings. The summed E-state index contributed by atoms with van der Waals surface area (Å²) < 4.78 is 39.2. The number of benzene rings is 2. The molecule has 1 aromatic heterocycles. The van der Waals surface area contributed by atoms with E-state index in [1.165, 1.54) is 23.5 Å². The van der Waals surface area contributed by atoms with Gasteiger partial charge in [-0.1, -0.05) is 23.3 Å². The molecule has 0 atom stereocenters. The minimum atomic E-state index is -4.41. The van der Waals surface area contributed by atoms with Crippen molar-refractivity contribution in [2.24, 2.45) is 12.1 Å². The number of hydrogen-bond donors (Lipinski definition) is 1. The van der Waals surface area contributed by atoms with Crippen LogP contribution in [0.15, 0.2) is 53.1 Å². The van der Waals surface area contributed by atoms with Crippen LogP contribution in [0.5, 0.6) is 11.5 Å². The predicted molar refractivity (Wildman–Crippen MR) is 123 cm³/mol. The quantitative estimate of drug-likeness (QED) is 0.256. The van der Waals surface area contributed by atoms with Crippen molar-refractivity contribution < 1.29 is 36.4 Å². The van der Waals surface area contributed by atoms with Gasteiger partial charge in [0.05, 0.1) is 37.3 Å².